The first-order valence-electron chi connectivity index (χ1n) is 17.5. The van der Waals surface area contributed by atoms with Gasteiger partial charge in [-0.1, -0.05) is 97.3 Å². The van der Waals surface area contributed by atoms with E-state index >= 15 is 0 Å². The number of hydrogen-bond acceptors (Lipinski definition) is 8. The molecule has 10 heteroatoms. The zero-order valence-corrected chi connectivity index (χ0v) is 29.8. The molecule has 0 saturated carbocycles. The molecule has 44 heavy (non-hydrogen) atoms. The summed E-state index contributed by atoms with van der Waals surface area (Å²) in [5, 5.41) is 24.6. The average molecular weight is 663 g/mol. The van der Waals surface area contributed by atoms with Crippen LogP contribution in [0.1, 0.15) is 130 Å². The van der Waals surface area contributed by atoms with Crippen molar-refractivity contribution in [3.05, 3.63) is 0 Å². The average Bonchev–Trinajstić information content (AvgIpc) is 3.36. The third-order valence-corrected chi connectivity index (χ3v) is 10.5. The van der Waals surface area contributed by atoms with Gasteiger partial charge in [-0.25, -0.2) is 0 Å². The summed E-state index contributed by atoms with van der Waals surface area (Å²) in [5.74, 6) is -0.0742. The number of likely N-dealkylation sites (N-methyl/N-ethyl adjacent to an activating group) is 1. The van der Waals surface area contributed by atoms with Crippen LogP contribution in [0.2, 0.25) is 0 Å². The number of aliphatic hydroxyl groups excluding tert-OH is 2. The van der Waals surface area contributed by atoms with E-state index in [1.165, 1.54) is 76.0 Å². The SMILES string of the molecule is CCCCCCCCCCCCCCCC(=O)O[C@H]1[C@@H](O)[C@@H](O)[C@@H]([C@H](NC(=O)[C@@H]2C[C@@H](CCC)CN2C)[C@H](C)Cl)O[C@@H]1SC. The van der Waals surface area contributed by atoms with Gasteiger partial charge in [0, 0.05) is 13.0 Å². The van der Waals surface area contributed by atoms with Crippen LogP contribution in [-0.2, 0) is 19.1 Å². The Balaban J connectivity index is 1.76. The molecule has 0 aromatic rings. The molecule has 3 N–H and O–H groups in total. The largest absolute Gasteiger partial charge is 0.456 e. The van der Waals surface area contributed by atoms with E-state index in [1.807, 2.05) is 7.05 Å². The van der Waals surface area contributed by atoms with Gasteiger partial charge < -0.3 is 25.0 Å². The number of alkyl halides is 1. The smallest absolute Gasteiger partial charge is 0.306 e. The highest BCUT2D eigenvalue weighted by Crippen LogP contribution is 2.33. The highest BCUT2D eigenvalue weighted by atomic mass is 35.5. The minimum atomic E-state index is -1.38. The second kappa shape index (κ2) is 22.1. The molecule has 0 bridgehead atoms. The molecule has 9 atom stereocenters. The Bertz CT molecular complexity index is 806. The van der Waals surface area contributed by atoms with E-state index in [9.17, 15) is 19.8 Å². The van der Waals surface area contributed by atoms with Gasteiger partial charge in [0.1, 0.15) is 23.7 Å². The lowest BCUT2D eigenvalue weighted by atomic mass is 9.92. The molecular formula is C34H63ClN2O6S. The van der Waals surface area contributed by atoms with E-state index in [0.717, 1.165) is 45.1 Å². The molecule has 8 nitrogen and oxygen atoms in total. The molecule has 258 valence electrons. The normalized spacial score (nSPS) is 29.0. The summed E-state index contributed by atoms with van der Waals surface area (Å²) < 4.78 is 11.9. The van der Waals surface area contributed by atoms with Crippen LogP contribution < -0.4 is 5.32 Å². The van der Waals surface area contributed by atoms with Gasteiger partial charge in [-0.2, -0.15) is 0 Å². The summed E-state index contributed by atoms with van der Waals surface area (Å²) in [6.45, 7) is 7.01. The standard InChI is InChI=1S/C34H63ClN2O6S/c1-6-8-9-10-11-12-13-14-15-16-17-18-19-21-27(38)42-32-30(40)29(39)31(43-34(32)44-5)28(24(3)35)36-33(41)26-22-25(20-7-2)23-37(26)4/h24-26,28-32,34,39-40H,6-23H2,1-5H3,(H,36,41)/t24-,25+,26-,28+,29+,30-,31+,32-,34+/m0/s1. The number of likely N-dealkylation sites (tertiary alicyclic amines) is 1. The van der Waals surface area contributed by atoms with Gasteiger partial charge in [0.15, 0.2) is 6.10 Å². The number of unbranched alkanes of at least 4 members (excludes halogenated alkanes) is 12. The summed E-state index contributed by atoms with van der Waals surface area (Å²) in [7, 11) is 1.95. The van der Waals surface area contributed by atoms with Gasteiger partial charge in [0.2, 0.25) is 5.91 Å². The van der Waals surface area contributed by atoms with Crippen molar-refractivity contribution < 1.29 is 29.3 Å². The number of carbonyl (C=O) groups is 2. The summed E-state index contributed by atoms with van der Waals surface area (Å²) in [4.78, 5) is 28.0. The summed E-state index contributed by atoms with van der Waals surface area (Å²) in [5.41, 5.74) is -0.702. The van der Waals surface area contributed by atoms with Crippen LogP contribution in [0.15, 0.2) is 0 Å². The van der Waals surface area contributed by atoms with E-state index in [4.69, 9.17) is 21.1 Å². The van der Waals surface area contributed by atoms with Crippen molar-refractivity contribution >= 4 is 35.2 Å². The maximum Gasteiger partial charge on any atom is 0.306 e. The molecule has 2 fully saturated rings. The van der Waals surface area contributed by atoms with Crippen LogP contribution >= 0.6 is 23.4 Å². The number of amides is 1. The van der Waals surface area contributed by atoms with E-state index in [1.54, 1.807) is 13.2 Å². The maximum atomic E-state index is 13.3. The van der Waals surface area contributed by atoms with Crippen molar-refractivity contribution in [2.75, 3.05) is 19.8 Å². The van der Waals surface area contributed by atoms with Crippen LogP contribution in [0, 0.1) is 5.92 Å². The fraction of sp³-hybridized carbons (Fsp3) is 0.941. The highest BCUT2D eigenvalue weighted by molar-refractivity contribution is 7.99. The summed E-state index contributed by atoms with van der Waals surface area (Å²) >= 11 is 7.82. The maximum absolute atomic E-state index is 13.3. The Kier molecular flexibility index (Phi) is 19.9. The van der Waals surface area contributed by atoms with Crippen molar-refractivity contribution in [2.24, 2.45) is 5.92 Å². The van der Waals surface area contributed by atoms with Crippen molar-refractivity contribution in [3.63, 3.8) is 0 Å². The van der Waals surface area contributed by atoms with Gasteiger partial charge in [0.05, 0.1) is 17.5 Å². The molecular weight excluding hydrogens is 600 g/mol. The predicted molar refractivity (Wildman–Crippen MR) is 181 cm³/mol. The molecule has 0 radical (unpaired) electrons. The number of hydrogen-bond donors (Lipinski definition) is 3. The van der Waals surface area contributed by atoms with Crippen LogP contribution in [0.3, 0.4) is 0 Å². The molecule has 1 amide bonds. The van der Waals surface area contributed by atoms with Crippen LogP contribution in [-0.4, -0.2) is 94.2 Å². The molecule has 0 unspecified atom stereocenters. The van der Waals surface area contributed by atoms with E-state index < -0.39 is 47.2 Å². The van der Waals surface area contributed by atoms with E-state index in [2.05, 4.69) is 24.1 Å². The summed E-state index contributed by atoms with van der Waals surface area (Å²) in [6.07, 6.45) is 16.3. The molecule has 0 aromatic carbocycles. The first-order valence-corrected chi connectivity index (χ1v) is 19.2. The lowest BCUT2D eigenvalue weighted by Crippen LogP contribution is -2.65. The monoisotopic (exact) mass is 662 g/mol. The Morgan fingerprint density at radius 3 is 2.05 bits per heavy atom. The zero-order chi connectivity index (χ0) is 32.5. The van der Waals surface area contributed by atoms with Crippen molar-refractivity contribution in [2.45, 2.75) is 177 Å². The number of halogens is 1. The number of ether oxygens (including phenoxy) is 2. The van der Waals surface area contributed by atoms with Gasteiger partial charge in [-0.15, -0.1) is 23.4 Å². The molecule has 2 aliphatic rings. The number of nitrogens with zero attached hydrogens (tertiary/aromatic N) is 1. The zero-order valence-electron chi connectivity index (χ0n) is 28.2. The predicted octanol–water partition coefficient (Wildman–Crippen LogP) is 6.42. The fourth-order valence-electron chi connectivity index (χ4n) is 6.72. The molecule has 0 aliphatic carbocycles. The quantitative estimate of drug-likeness (QED) is 0.0693. The third-order valence-electron chi connectivity index (χ3n) is 9.36. The number of esters is 1. The molecule has 2 rings (SSSR count). The number of thioether (sulfide) groups is 1. The Morgan fingerprint density at radius 1 is 0.955 bits per heavy atom. The summed E-state index contributed by atoms with van der Waals surface area (Å²) in [6, 6.07) is -1.00. The molecule has 2 heterocycles. The van der Waals surface area contributed by atoms with Crippen molar-refractivity contribution in [1.29, 1.82) is 0 Å². The van der Waals surface area contributed by atoms with Gasteiger partial charge >= 0.3 is 5.97 Å². The Labute approximate surface area is 277 Å². The minimum absolute atomic E-state index is 0.152. The number of rotatable bonds is 22. The molecule has 2 aliphatic heterocycles. The van der Waals surface area contributed by atoms with Crippen LogP contribution in [0.4, 0.5) is 0 Å². The number of carbonyl (C=O) groups excluding carboxylic acids is 2. The van der Waals surface area contributed by atoms with Crippen molar-refractivity contribution in [1.82, 2.24) is 10.2 Å². The third kappa shape index (κ3) is 13.3. The van der Waals surface area contributed by atoms with E-state index in [0.29, 0.717) is 5.92 Å². The molecule has 0 aromatic heterocycles. The van der Waals surface area contributed by atoms with Crippen molar-refractivity contribution in [3.8, 4) is 0 Å². The second-order valence-corrected chi connectivity index (χ2v) is 14.8. The van der Waals surface area contributed by atoms with E-state index in [-0.39, 0.29) is 18.4 Å². The molecule has 0 spiro atoms. The number of nitrogens with one attached hydrogen (secondary N) is 1. The van der Waals surface area contributed by atoms with Gasteiger partial charge in [-0.05, 0) is 45.4 Å². The lowest BCUT2D eigenvalue weighted by Gasteiger charge is -2.45. The fourth-order valence-corrected chi connectivity index (χ4v) is 7.65. The van der Waals surface area contributed by atoms with Gasteiger partial charge in [-0.3, -0.25) is 14.5 Å². The second-order valence-electron chi connectivity index (χ2n) is 13.2. The van der Waals surface area contributed by atoms with Crippen LogP contribution in [0.25, 0.3) is 0 Å². The first kappa shape index (κ1) is 39.6. The minimum Gasteiger partial charge on any atom is -0.456 e. The Hall–Kier alpha value is -0.580. The topological polar surface area (TPSA) is 108 Å². The lowest BCUT2D eigenvalue weighted by molar-refractivity contribution is -0.218. The number of aliphatic hydroxyl groups is 2. The van der Waals surface area contributed by atoms with Gasteiger partial charge in [0.25, 0.3) is 0 Å². The highest BCUT2D eigenvalue weighted by Gasteiger charge is 2.50. The molecule has 2 saturated heterocycles. The first-order chi connectivity index (χ1) is 21.1. The Morgan fingerprint density at radius 2 is 1.52 bits per heavy atom. The van der Waals surface area contributed by atoms with Crippen LogP contribution in [0.5, 0.6) is 0 Å².